The van der Waals surface area contributed by atoms with E-state index < -0.39 is 30.5 Å². The van der Waals surface area contributed by atoms with Crippen LogP contribution in [0.3, 0.4) is 0 Å². The van der Waals surface area contributed by atoms with E-state index in [4.69, 9.17) is 4.74 Å². The predicted octanol–water partition coefficient (Wildman–Crippen LogP) is 2.06. The maximum Gasteiger partial charge on any atom is 1.00 e. The summed E-state index contributed by atoms with van der Waals surface area (Å²) >= 11 is 0. The molecule has 4 rings (SSSR count). The molecule has 0 unspecified atom stereocenters. The summed E-state index contributed by atoms with van der Waals surface area (Å²) < 4.78 is 34.1. The third-order valence-electron chi connectivity index (χ3n) is 6.73. The van der Waals surface area contributed by atoms with Crippen molar-refractivity contribution >= 4 is 16.7 Å². The summed E-state index contributed by atoms with van der Waals surface area (Å²) in [6.45, 7) is 3.86. The first-order valence-electron chi connectivity index (χ1n) is 12.9. The number of aliphatic carboxylic acids is 1. The van der Waals surface area contributed by atoms with Crippen molar-refractivity contribution in [2.24, 2.45) is 0 Å². The Morgan fingerprint density at radius 2 is 1.43 bits per heavy atom. The SMILES string of the molecule is CC(C)c1c(OC[C@@H](O)C[C@@H](O)CC(=O)[O-])c(C(c2ccc(F)cc2)c2ccc(F)cc2)cc2ccccc12.[Na+]. The summed E-state index contributed by atoms with van der Waals surface area (Å²) in [5, 5.41) is 33.3. The minimum absolute atomic E-state index is 0. The number of carboxylic acids is 1. The minimum atomic E-state index is -1.41. The molecule has 204 valence electrons. The fourth-order valence-corrected chi connectivity index (χ4v) is 5.03. The number of ether oxygens (including phenoxy) is 1. The Morgan fingerprint density at radius 3 is 1.95 bits per heavy atom. The van der Waals surface area contributed by atoms with Gasteiger partial charge in [-0.05, 0) is 58.1 Å². The largest absolute Gasteiger partial charge is 1.00 e. The Labute approximate surface area is 254 Å². The second-order valence-electron chi connectivity index (χ2n) is 10.1. The first-order valence-corrected chi connectivity index (χ1v) is 12.9. The van der Waals surface area contributed by atoms with Crippen LogP contribution >= 0.6 is 0 Å². The van der Waals surface area contributed by atoms with Gasteiger partial charge in [0.2, 0.25) is 0 Å². The first-order chi connectivity index (χ1) is 18.6. The number of benzene rings is 4. The van der Waals surface area contributed by atoms with Gasteiger partial charge in [0.15, 0.2) is 0 Å². The number of hydrogen-bond acceptors (Lipinski definition) is 5. The van der Waals surface area contributed by atoms with E-state index in [9.17, 15) is 28.9 Å². The van der Waals surface area contributed by atoms with Crippen LogP contribution in [0.2, 0.25) is 0 Å². The number of fused-ring (bicyclic) bond motifs is 1. The molecular weight excluding hydrogens is 525 g/mol. The molecule has 0 saturated carbocycles. The smallest absolute Gasteiger partial charge is 0.550 e. The molecular formula is C32H31F2NaO5. The van der Waals surface area contributed by atoms with Crippen LogP contribution in [-0.2, 0) is 4.79 Å². The van der Waals surface area contributed by atoms with E-state index in [1.807, 2.05) is 44.2 Å². The van der Waals surface area contributed by atoms with Crippen molar-refractivity contribution in [3.05, 3.63) is 113 Å². The number of aliphatic hydroxyl groups excluding tert-OH is 2. The van der Waals surface area contributed by atoms with E-state index in [1.165, 1.54) is 24.3 Å². The normalized spacial score (nSPS) is 12.8. The summed E-state index contributed by atoms with van der Waals surface area (Å²) in [5.41, 5.74) is 3.18. The van der Waals surface area contributed by atoms with Gasteiger partial charge in [0.1, 0.15) is 24.0 Å². The molecule has 0 aromatic heterocycles. The van der Waals surface area contributed by atoms with Gasteiger partial charge in [-0.25, -0.2) is 8.78 Å². The number of hydrogen-bond donors (Lipinski definition) is 2. The number of carbonyl (C=O) groups excluding carboxylic acids is 1. The second-order valence-corrected chi connectivity index (χ2v) is 10.1. The molecule has 0 saturated heterocycles. The van der Waals surface area contributed by atoms with Crippen molar-refractivity contribution in [3.8, 4) is 5.75 Å². The number of halogens is 2. The summed E-state index contributed by atoms with van der Waals surface area (Å²) in [7, 11) is 0. The number of rotatable bonds is 11. The van der Waals surface area contributed by atoms with Crippen molar-refractivity contribution in [2.75, 3.05) is 6.61 Å². The number of aliphatic hydroxyl groups is 2. The summed E-state index contributed by atoms with van der Waals surface area (Å²) in [6.07, 6.45) is -3.21. The van der Waals surface area contributed by atoms with Crippen LogP contribution < -0.4 is 39.4 Å². The van der Waals surface area contributed by atoms with Crippen LogP contribution in [-0.4, -0.2) is 35.0 Å². The van der Waals surface area contributed by atoms with E-state index in [0.29, 0.717) is 5.75 Å². The van der Waals surface area contributed by atoms with E-state index >= 15 is 0 Å². The Kier molecular flexibility index (Phi) is 11.3. The van der Waals surface area contributed by atoms with Crippen molar-refractivity contribution in [1.82, 2.24) is 0 Å². The Hall–Kier alpha value is -2.81. The van der Waals surface area contributed by atoms with Gasteiger partial charge in [-0.15, -0.1) is 0 Å². The average molecular weight is 557 g/mol. The van der Waals surface area contributed by atoms with Crippen LogP contribution in [0.4, 0.5) is 8.78 Å². The molecule has 2 atom stereocenters. The molecule has 4 aromatic rings. The van der Waals surface area contributed by atoms with Gasteiger partial charge < -0.3 is 24.9 Å². The van der Waals surface area contributed by atoms with Crippen molar-refractivity contribution in [2.45, 2.75) is 50.7 Å². The van der Waals surface area contributed by atoms with Crippen molar-refractivity contribution < 1.29 is 63.2 Å². The van der Waals surface area contributed by atoms with Crippen LogP contribution in [0, 0.1) is 11.6 Å². The average Bonchev–Trinajstić information content (AvgIpc) is 2.88. The van der Waals surface area contributed by atoms with E-state index in [1.54, 1.807) is 24.3 Å². The van der Waals surface area contributed by atoms with Crippen LogP contribution in [0.25, 0.3) is 10.8 Å². The van der Waals surface area contributed by atoms with E-state index in [0.717, 1.165) is 33.0 Å². The van der Waals surface area contributed by atoms with Gasteiger partial charge in [-0.3, -0.25) is 0 Å². The molecule has 0 radical (unpaired) electrons. The van der Waals surface area contributed by atoms with Gasteiger partial charge in [0, 0.05) is 35.9 Å². The molecule has 0 aliphatic heterocycles. The fourth-order valence-electron chi connectivity index (χ4n) is 5.03. The second kappa shape index (κ2) is 14.2. The zero-order chi connectivity index (χ0) is 28.1. The summed E-state index contributed by atoms with van der Waals surface area (Å²) in [6, 6.07) is 22.1. The van der Waals surface area contributed by atoms with Crippen molar-refractivity contribution in [1.29, 1.82) is 0 Å². The maximum atomic E-state index is 13.9. The summed E-state index contributed by atoms with van der Waals surface area (Å²) in [4.78, 5) is 10.8. The maximum absolute atomic E-state index is 13.9. The van der Waals surface area contributed by atoms with Gasteiger partial charge in [0.25, 0.3) is 0 Å². The van der Waals surface area contributed by atoms with Crippen LogP contribution in [0.15, 0.2) is 78.9 Å². The third kappa shape index (κ3) is 7.68. The zero-order valence-corrected chi connectivity index (χ0v) is 24.8. The standard InChI is InChI=1S/C32H32F2O5.Na/c1-19(2)30-27-6-4-3-5-22(27)15-28(32(30)39-18-26(36)16-25(35)17-29(37)38)31(20-7-11-23(33)12-8-20)21-9-13-24(34)14-10-21;/h3-15,19,25-26,31,35-36H,16-18H2,1-2H3,(H,37,38);/q;+1/p-1/t25-,26+;/m1./s1. The first kappa shape index (κ1) is 31.7. The van der Waals surface area contributed by atoms with E-state index in [2.05, 4.69) is 0 Å². The van der Waals surface area contributed by atoms with Gasteiger partial charge in [-0.2, -0.15) is 0 Å². The number of carbonyl (C=O) groups is 1. The molecule has 0 aliphatic rings. The molecule has 2 N–H and O–H groups in total. The third-order valence-corrected chi connectivity index (χ3v) is 6.73. The molecule has 0 aliphatic carbocycles. The molecule has 4 aromatic carbocycles. The monoisotopic (exact) mass is 556 g/mol. The van der Waals surface area contributed by atoms with Gasteiger partial charge in [-0.1, -0.05) is 62.4 Å². The Balaban J connectivity index is 0.00000441. The van der Waals surface area contributed by atoms with E-state index in [-0.39, 0.29) is 60.1 Å². The molecule has 8 heteroatoms. The van der Waals surface area contributed by atoms with Crippen LogP contribution in [0.1, 0.15) is 60.8 Å². The minimum Gasteiger partial charge on any atom is -0.550 e. The number of carboxylic acid groups (broad SMARTS) is 1. The molecule has 0 fully saturated rings. The van der Waals surface area contributed by atoms with Gasteiger partial charge >= 0.3 is 29.6 Å². The van der Waals surface area contributed by atoms with Crippen LogP contribution in [0.5, 0.6) is 5.75 Å². The predicted molar refractivity (Wildman–Crippen MR) is 144 cm³/mol. The molecule has 0 spiro atoms. The molecule has 5 nitrogen and oxygen atoms in total. The molecule has 40 heavy (non-hydrogen) atoms. The molecule has 0 bridgehead atoms. The quantitative estimate of drug-likeness (QED) is 0.218. The Bertz CT molecular complexity index is 1380. The van der Waals surface area contributed by atoms with Crippen molar-refractivity contribution in [3.63, 3.8) is 0 Å². The molecule has 0 amide bonds. The zero-order valence-electron chi connectivity index (χ0n) is 22.8. The molecule has 0 heterocycles. The van der Waals surface area contributed by atoms with Gasteiger partial charge in [0.05, 0.1) is 12.2 Å². The topological polar surface area (TPSA) is 89.8 Å². The summed E-state index contributed by atoms with van der Waals surface area (Å²) in [5.74, 6) is -2.09. The fraction of sp³-hybridized carbons (Fsp3) is 0.281. The Morgan fingerprint density at radius 1 is 0.875 bits per heavy atom.